The van der Waals surface area contributed by atoms with Gasteiger partial charge in [-0.05, 0) is 103 Å². The average Bonchev–Trinajstić information content (AvgIpc) is 3.34. The summed E-state index contributed by atoms with van der Waals surface area (Å²) in [6.45, 7) is 4.79. The highest BCUT2D eigenvalue weighted by atomic mass is 15.2. The molecule has 0 amide bonds. The van der Waals surface area contributed by atoms with Crippen molar-refractivity contribution < 1.29 is 0 Å². The summed E-state index contributed by atoms with van der Waals surface area (Å²) in [6.07, 6.45) is 0. The van der Waals surface area contributed by atoms with Crippen LogP contribution in [0.15, 0.2) is 231 Å². The molecule has 1 aliphatic rings. The van der Waals surface area contributed by atoms with E-state index in [2.05, 4.69) is 254 Å². The van der Waals surface area contributed by atoms with Crippen LogP contribution in [0.5, 0.6) is 0 Å². The monoisotopic (exact) mass is 804 g/mol. The van der Waals surface area contributed by atoms with E-state index >= 15 is 0 Å². The molecule has 63 heavy (non-hydrogen) atoms. The topological polar surface area (TPSA) is 6.48 Å². The third-order valence-electron chi connectivity index (χ3n) is 13.4. The van der Waals surface area contributed by atoms with Gasteiger partial charge in [0.2, 0.25) is 0 Å². The van der Waals surface area contributed by atoms with Gasteiger partial charge >= 0.3 is 0 Å². The largest absolute Gasteiger partial charge is 0.310 e. The molecule has 11 aromatic rings. The van der Waals surface area contributed by atoms with E-state index in [4.69, 9.17) is 0 Å². The summed E-state index contributed by atoms with van der Waals surface area (Å²) in [5.41, 5.74) is 14.0. The molecule has 0 N–H and O–H groups in total. The Hall–Kier alpha value is -7.94. The minimum Gasteiger partial charge on any atom is -0.310 e. The number of benzene rings is 11. The molecule has 11 aromatic carbocycles. The zero-order valence-electron chi connectivity index (χ0n) is 35.3. The predicted octanol–water partition coefficient (Wildman–Crippen LogP) is 17.2. The third kappa shape index (κ3) is 5.94. The van der Waals surface area contributed by atoms with E-state index in [0.29, 0.717) is 0 Å². The molecule has 0 fully saturated rings. The van der Waals surface area contributed by atoms with Gasteiger partial charge in [-0.2, -0.15) is 0 Å². The lowest BCUT2D eigenvalue weighted by molar-refractivity contribution is 0.632. The normalized spacial score (nSPS) is 13.0. The second-order valence-corrected chi connectivity index (χ2v) is 17.3. The Morgan fingerprint density at radius 3 is 1.71 bits per heavy atom. The quantitative estimate of drug-likeness (QED) is 0.155. The number of hydrogen-bond acceptors (Lipinski definition) is 2. The van der Waals surface area contributed by atoms with Crippen LogP contribution in [0.2, 0.25) is 0 Å². The van der Waals surface area contributed by atoms with Gasteiger partial charge in [-0.3, -0.25) is 0 Å². The molecule has 2 heteroatoms. The first-order valence-electron chi connectivity index (χ1n) is 21.9. The fourth-order valence-corrected chi connectivity index (χ4v) is 10.3. The molecule has 0 aromatic heterocycles. The Morgan fingerprint density at radius 1 is 0.349 bits per heavy atom. The summed E-state index contributed by atoms with van der Waals surface area (Å²) in [5, 5.41) is 9.83. The first-order chi connectivity index (χ1) is 31.0. The molecule has 1 heterocycles. The summed E-state index contributed by atoms with van der Waals surface area (Å²) >= 11 is 0. The van der Waals surface area contributed by atoms with Crippen molar-refractivity contribution in [2.24, 2.45) is 0 Å². The second-order valence-electron chi connectivity index (χ2n) is 17.3. The highest BCUT2D eigenvalue weighted by molar-refractivity contribution is 6.15. The molecule has 0 aliphatic carbocycles. The fraction of sp³-hybridized carbons (Fsp3) is 0.0492. The number of rotatable bonds is 6. The summed E-state index contributed by atoms with van der Waals surface area (Å²) in [6, 6.07) is 84.9. The van der Waals surface area contributed by atoms with E-state index in [1.807, 2.05) is 0 Å². The summed E-state index contributed by atoms with van der Waals surface area (Å²) in [7, 11) is 0. The van der Waals surface area contributed by atoms with Gasteiger partial charge in [0.1, 0.15) is 0 Å². The van der Waals surface area contributed by atoms with Crippen LogP contribution in [0, 0.1) is 0 Å². The predicted molar refractivity (Wildman–Crippen MR) is 269 cm³/mol. The van der Waals surface area contributed by atoms with Crippen LogP contribution < -0.4 is 9.80 Å². The molecular formula is C61H44N2. The Labute approximate surface area is 368 Å². The van der Waals surface area contributed by atoms with Crippen molar-refractivity contribution in [2.45, 2.75) is 19.3 Å². The lowest BCUT2D eigenvalue weighted by atomic mass is 9.73. The van der Waals surface area contributed by atoms with E-state index in [1.54, 1.807) is 0 Å². The number of para-hydroxylation sites is 1. The molecule has 0 unspecified atom stereocenters. The van der Waals surface area contributed by atoms with Crippen molar-refractivity contribution >= 4 is 77.2 Å². The van der Waals surface area contributed by atoms with Crippen LogP contribution >= 0.6 is 0 Å². The molecule has 0 saturated carbocycles. The number of fused-ring (bicyclic) bond motifs is 7. The van der Waals surface area contributed by atoms with Crippen molar-refractivity contribution in [3.05, 3.63) is 242 Å². The van der Waals surface area contributed by atoms with Gasteiger partial charge in [-0.15, -0.1) is 0 Å². The Kier molecular flexibility index (Phi) is 8.55. The average molecular weight is 805 g/mol. The summed E-state index contributed by atoms with van der Waals surface area (Å²) in [4.78, 5) is 5.04. The lowest BCUT2D eigenvalue weighted by Crippen LogP contribution is -2.31. The van der Waals surface area contributed by atoms with Gasteiger partial charge in [-0.1, -0.05) is 202 Å². The molecule has 12 rings (SSSR count). The molecule has 0 radical (unpaired) electrons. The van der Waals surface area contributed by atoms with E-state index in [1.165, 1.54) is 93.5 Å². The molecule has 1 aliphatic heterocycles. The van der Waals surface area contributed by atoms with Crippen molar-refractivity contribution in [1.29, 1.82) is 0 Å². The number of nitrogens with zero attached hydrogens (tertiary/aromatic N) is 2. The maximum atomic E-state index is 2.56. The van der Waals surface area contributed by atoms with Gasteiger partial charge < -0.3 is 9.80 Å². The number of anilines is 6. The van der Waals surface area contributed by atoms with Gasteiger partial charge in [0.05, 0.1) is 22.7 Å². The van der Waals surface area contributed by atoms with E-state index in [-0.39, 0.29) is 5.41 Å². The zero-order valence-corrected chi connectivity index (χ0v) is 35.3. The van der Waals surface area contributed by atoms with E-state index in [9.17, 15) is 0 Å². The Balaban J connectivity index is 1.12. The lowest BCUT2D eigenvalue weighted by Gasteiger charge is -2.43. The van der Waals surface area contributed by atoms with Crippen LogP contribution in [0.4, 0.5) is 34.1 Å². The second kappa shape index (κ2) is 14.6. The Bertz CT molecular complexity index is 3540. The standard InChI is InChI=1S/C61H44N2/c1-61(2)55-29-14-15-30-57(55)63(60-50-25-11-7-20-44(50)33-37-54(60)52-28-16-22-43-19-6-9-23-48(43)52)58-38-36-47(40-56(58)61)62(46-34-31-42(32-35-46)41-17-4-3-5-18-41)59-39-45-21-8-10-24-49(45)51-26-12-13-27-53(51)59/h3-40H,1-2H3. The van der Waals surface area contributed by atoms with Crippen molar-refractivity contribution in [2.75, 3.05) is 9.80 Å². The maximum absolute atomic E-state index is 2.56. The van der Waals surface area contributed by atoms with Crippen LogP contribution in [0.25, 0.3) is 65.3 Å². The summed E-state index contributed by atoms with van der Waals surface area (Å²) in [5.74, 6) is 0. The molecule has 2 nitrogen and oxygen atoms in total. The van der Waals surface area contributed by atoms with Crippen molar-refractivity contribution in [1.82, 2.24) is 0 Å². The van der Waals surface area contributed by atoms with Gasteiger partial charge in [-0.25, -0.2) is 0 Å². The minimum absolute atomic E-state index is 0.323. The Morgan fingerprint density at radius 2 is 0.921 bits per heavy atom. The SMILES string of the molecule is CC1(C)c2ccccc2N(c2c(-c3cccc4ccccc34)ccc3ccccc23)c2ccc(N(c3ccc(-c4ccccc4)cc3)c3cc4ccccc4c4ccccc34)cc21. The number of hydrogen-bond donors (Lipinski definition) is 0. The van der Waals surface area contributed by atoms with Crippen LogP contribution in [0.1, 0.15) is 25.0 Å². The zero-order chi connectivity index (χ0) is 42.1. The fourth-order valence-electron chi connectivity index (χ4n) is 10.3. The third-order valence-corrected chi connectivity index (χ3v) is 13.4. The van der Waals surface area contributed by atoms with Crippen LogP contribution in [0.3, 0.4) is 0 Å². The van der Waals surface area contributed by atoms with Crippen LogP contribution in [-0.2, 0) is 5.41 Å². The van der Waals surface area contributed by atoms with Gasteiger partial charge in [0, 0.05) is 33.1 Å². The first-order valence-corrected chi connectivity index (χ1v) is 21.9. The van der Waals surface area contributed by atoms with Gasteiger partial charge in [0.15, 0.2) is 0 Å². The van der Waals surface area contributed by atoms with Gasteiger partial charge in [0.25, 0.3) is 0 Å². The molecule has 0 atom stereocenters. The van der Waals surface area contributed by atoms with Crippen molar-refractivity contribution in [3.8, 4) is 22.3 Å². The minimum atomic E-state index is -0.323. The first kappa shape index (κ1) is 36.9. The van der Waals surface area contributed by atoms with E-state index < -0.39 is 0 Å². The van der Waals surface area contributed by atoms with E-state index in [0.717, 1.165) is 17.1 Å². The molecule has 298 valence electrons. The highest BCUT2D eigenvalue weighted by Gasteiger charge is 2.39. The maximum Gasteiger partial charge on any atom is 0.0618 e. The smallest absolute Gasteiger partial charge is 0.0618 e. The highest BCUT2D eigenvalue weighted by Crippen LogP contribution is 2.56. The molecule has 0 bridgehead atoms. The summed E-state index contributed by atoms with van der Waals surface area (Å²) < 4.78 is 0. The molecule has 0 spiro atoms. The molecule has 0 saturated heterocycles. The van der Waals surface area contributed by atoms with Crippen LogP contribution in [-0.4, -0.2) is 0 Å². The molecular weight excluding hydrogens is 761 g/mol. The van der Waals surface area contributed by atoms with Crippen molar-refractivity contribution in [3.63, 3.8) is 0 Å².